The van der Waals surface area contributed by atoms with Gasteiger partial charge in [-0.1, -0.05) is 18.2 Å². The standard InChI is InChI=1S/C12H11NO3/c14-7-3-6-10-11(15)8-4-1-2-5-9(8)12(16)13-10/h1-2,4-5,7,15H,3,6H2,(H,13,16). The van der Waals surface area contributed by atoms with E-state index in [0.717, 1.165) is 6.29 Å². The molecule has 0 aliphatic carbocycles. The van der Waals surface area contributed by atoms with Crippen molar-refractivity contribution in [1.82, 2.24) is 4.98 Å². The fraction of sp³-hybridized carbons (Fsp3) is 0.167. The zero-order valence-electron chi connectivity index (χ0n) is 8.56. The number of benzene rings is 1. The maximum atomic E-state index is 11.7. The van der Waals surface area contributed by atoms with Crippen LogP contribution in [0.2, 0.25) is 0 Å². The number of hydrogen-bond donors (Lipinski definition) is 2. The lowest BCUT2D eigenvalue weighted by Crippen LogP contribution is -2.09. The normalized spacial score (nSPS) is 10.5. The number of rotatable bonds is 3. The van der Waals surface area contributed by atoms with Crippen molar-refractivity contribution in [1.29, 1.82) is 0 Å². The highest BCUT2D eigenvalue weighted by atomic mass is 16.3. The largest absolute Gasteiger partial charge is 0.505 e. The third-order valence-corrected chi connectivity index (χ3v) is 2.49. The van der Waals surface area contributed by atoms with E-state index in [1.807, 2.05) is 0 Å². The molecule has 0 aliphatic heterocycles. The van der Waals surface area contributed by atoms with Crippen LogP contribution in [-0.2, 0) is 11.2 Å². The number of fused-ring (bicyclic) bond motifs is 1. The van der Waals surface area contributed by atoms with Gasteiger partial charge < -0.3 is 14.9 Å². The van der Waals surface area contributed by atoms with Crippen LogP contribution in [0.1, 0.15) is 12.1 Å². The summed E-state index contributed by atoms with van der Waals surface area (Å²) >= 11 is 0. The van der Waals surface area contributed by atoms with Gasteiger partial charge in [-0.15, -0.1) is 0 Å². The number of aldehydes is 1. The molecule has 0 radical (unpaired) electrons. The number of nitrogens with one attached hydrogen (secondary N) is 1. The highest BCUT2D eigenvalue weighted by Gasteiger charge is 2.09. The summed E-state index contributed by atoms with van der Waals surface area (Å²) < 4.78 is 0. The zero-order chi connectivity index (χ0) is 11.5. The Morgan fingerprint density at radius 3 is 2.62 bits per heavy atom. The van der Waals surface area contributed by atoms with Crippen LogP contribution in [0.15, 0.2) is 29.1 Å². The maximum absolute atomic E-state index is 11.7. The first kappa shape index (κ1) is 10.4. The molecular weight excluding hydrogens is 206 g/mol. The van der Waals surface area contributed by atoms with Crippen LogP contribution < -0.4 is 5.56 Å². The fourth-order valence-electron chi connectivity index (χ4n) is 1.70. The maximum Gasteiger partial charge on any atom is 0.256 e. The van der Waals surface area contributed by atoms with E-state index in [1.54, 1.807) is 24.3 Å². The van der Waals surface area contributed by atoms with Crippen molar-refractivity contribution in [3.05, 3.63) is 40.3 Å². The molecule has 0 amide bonds. The van der Waals surface area contributed by atoms with Crippen LogP contribution in [0.3, 0.4) is 0 Å². The first-order valence-corrected chi connectivity index (χ1v) is 5.00. The minimum Gasteiger partial charge on any atom is -0.505 e. The number of aryl methyl sites for hydroxylation is 1. The van der Waals surface area contributed by atoms with Crippen LogP contribution in [0.4, 0.5) is 0 Å². The number of aromatic nitrogens is 1. The van der Waals surface area contributed by atoms with E-state index in [0.29, 0.717) is 22.9 Å². The van der Waals surface area contributed by atoms with Gasteiger partial charge in [0.1, 0.15) is 12.0 Å². The smallest absolute Gasteiger partial charge is 0.256 e. The summed E-state index contributed by atoms with van der Waals surface area (Å²) in [5.41, 5.74) is 0.171. The van der Waals surface area contributed by atoms with Gasteiger partial charge >= 0.3 is 0 Å². The number of H-pyrrole nitrogens is 1. The second-order valence-electron chi connectivity index (χ2n) is 3.53. The first-order chi connectivity index (χ1) is 7.74. The molecule has 0 aliphatic rings. The topological polar surface area (TPSA) is 70.2 Å². The van der Waals surface area contributed by atoms with Crippen molar-refractivity contribution >= 4 is 17.1 Å². The molecule has 4 heteroatoms. The van der Waals surface area contributed by atoms with Gasteiger partial charge in [0.2, 0.25) is 0 Å². The number of aromatic hydroxyl groups is 1. The zero-order valence-corrected chi connectivity index (χ0v) is 8.56. The van der Waals surface area contributed by atoms with Crippen LogP contribution in [0.5, 0.6) is 5.75 Å². The molecule has 2 N–H and O–H groups in total. The molecule has 2 aromatic rings. The average molecular weight is 217 g/mol. The second kappa shape index (κ2) is 4.18. The Hall–Kier alpha value is -2.10. The Labute approximate surface area is 91.5 Å². The van der Waals surface area contributed by atoms with Gasteiger partial charge in [0.25, 0.3) is 5.56 Å². The summed E-state index contributed by atoms with van der Waals surface area (Å²) in [6, 6.07) is 6.83. The molecule has 16 heavy (non-hydrogen) atoms. The van der Waals surface area contributed by atoms with Crippen molar-refractivity contribution in [3.63, 3.8) is 0 Å². The Kier molecular flexibility index (Phi) is 2.72. The number of pyridine rings is 1. The summed E-state index contributed by atoms with van der Waals surface area (Å²) in [6.07, 6.45) is 1.38. The van der Waals surface area contributed by atoms with Crippen molar-refractivity contribution in [2.24, 2.45) is 0 Å². The molecule has 82 valence electrons. The molecule has 0 saturated heterocycles. The lowest BCUT2D eigenvalue weighted by molar-refractivity contribution is -0.107. The molecule has 0 saturated carbocycles. The summed E-state index contributed by atoms with van der Waals surface area (Å²) in [5.74, 6) is 0.0528. The van der Waals surface area contributed by atoms with E-state index < -0.39 is 0 Å². The minimum absolute atomic E-state index is 0.0528. The molecule has 1 aromatic heterocycles. The van der Waals surface area contributed by atoms with Gasteiger partial charge in [-0.2, -0.15) is 0 Å². The van der Waals surface area contributed by atoms with Gasteiger partial charge in [0.05, 0.1) is 11.1 Å². The number of aromatic amines is 1. The quantitative estimate of drug-likeness (QED) is 0.763. The summed E-state index contributed by atoms with van der Waals surface area (Å²) in [6.45, 7) is 0. The van der Waals surface area contributed by atoms with Crippen molar-refractivity contribution in [2.75, 3.05) is 0 Å². The number of carbonyl (C=O) groups excluding carboxylic acids is 1. The van der Waals surface area contributed by atoms with E-state index in [9.17, 15) is 14.7 Å². The first-order valence-electron chi connectivity index (χ1n) is 5.00. The Morgan fingerprint density at radius 1 is 1.25 bits per heavy atom. The van der Waals surface area contributed by atoms with Crippen LogP contribution in [0.25, 0.3) is 10.8 Å². The van der Waals surface area contributed by atoms with E-state index >= 15 is 0 Å². The monoisotopic (exact) mass is 217 g/mol. The molecule has 1 aromatic carbocycles. The third-order valence-electron chi connectivity index (χ3n) is 2.49. The summed E-state index contributed by atoms with van der Waals surface area (Å²) in [5, 5.41) is 10.9. The predicted molar refractivity (Wildman–Crippen MR) is 60.6 cm³/mol. The lowest BCUT2D eigenvalue weighted by Gasteiger charge is -2.05. The predicted octanol–water partition coefficient (Wildman–Crippen LogP) is 1.37. The Morgan fingerprint density at radius 2 is 1.94 bits per heavy atom. The molecular formula is C12H11NO3. The van der Waals surface area contributed by atoms with Gasteiger partial charge in [-0.3, -0.25) is 4.79 Å². The highest BCUT2D eigenvalue weighted by molar-refractivity contribution is 5.87. The second-order valence-corrected chi connectivity index (χ2v) is 3.53. The number of carbonyl (C=O) groups is 1. The minimum atomic E-state index is -0.241. The van der Waals surface area contributed by atoms with E-state index in [2.05, 4.69) is 4.98 Å². The van der Waals surface area contributed by atoms with E-state index in [-0.39, 0.29) is 17.7 Å². The molecule has 0 spiro atoms. The third kappa shape index (κ3) is 1.69. The highest BCUT2D eigenvalue weighted by Crippen LogP contribution is 2.24. The van der Waals surface area contributed by atoms with Gasteiger partial charge in [-0.25, -0.2) is 0 Å². The lowest BCUT2D eigenvalue weighted by atomic mass is 10.1. The molecule has 0 atom stereocenters. The fourth-order valence-corrected chi connectivity index (χ4v) is 1.70. The van der Waals surface area contributed by atoms with Gasteiger partial charge in [0, 0.05) is 11.8 Å². The number of hydrogen-bond acceptors (Lipinski definition) is 3. The van der Waals surface area contributed by atoms with Crippen molar-refractivity contribution in [3.8, 4) is 5.75 Å². The molecule has 0 fully saturated rings. The van der Waals surface area contributed by atoms with Crippen LogP contribution in [-0.4, -0.2) is 16.4 Å². The summed E-state index contributed by atoms with van der Waals surface area (Å²) in [7, 11) is 0. The average Bonchev–Trinajstić information content (AvgIpc) is 2.32. The van der Waals surface area contributed by atoms with Gasteiger partial charge in [-0.05, 0) is 12.5 Å². The van der Waals surface area contributed by atoms with Gasteiger partial charge in [0.15, 0.2) is 0 Å². The Balaban J connectivity index is 2.65. The summed E-state index contributed by atoms with van der Waals surface area (Å²) in [4.78, 5) is 24.5. The van der Waals surface area contributed by atoms with E-state index in [1.165, 1.54) is 0 Å². The molecule has 4 nitrogen and oxygen atoms in total. The molecule has 1 heterocycles. The Bertz CT molecular complexity index is 586. The molecule has 2 rings (SSSR count). The molecule has 0 unspecified atom stereocenters. The van der Waals surface area contributed by atoms with Crippen molar-refractivity contribution < 1.29 is 9.90 Å². The van der Waals surface area contributed by atoms with E-state index in [4.69, 9.17) is 0 Å². The molecule has 0 bridgehead atoms. The van der Waals surface area contributed by atoms with Crippen LogP contribution >= 0.6 is 0 Å². The van der Waals surface area contributed by atoms with Crippen LogP contribution in [0, 0.1) is 0 Å². The SMILES string of the molecule is O=CCCc1[nH]c(=O)c2ccccc2c1O. The van der Waals surface area contributed by atoms with Crippen molar-refractivity contribution in [2.45, 2.75) is 12.8 Å².